The van der Waals surface area contributed by atoms with Gasteiger partial charge in [0.25, 0.3) is 0 Å². The van der Waals surface area contributed by atoms with Gasteiger partial charge in [-0.05, 0) is 6.42 Å². The Bertz CT molecular complexity index is 261. The number of unbranched alkanes of at least 4 members (excludes halogenated alkanes) is 7. The van der Waals surface area contributed by atoms with Crippen molar-refractivity contribution in [3.8, 4) is 0 Å². The molecule has 1 unspecified atom stereocenters. The molecule has 0 aromatic heterocycles. The standard InChI is InChI=1S/C17H36NO3/c1-5-6-7-8-9-10-11-12-13-16(19)17(20)21-15-14-18(2,3)4/h16,19H,5-15H2,1-4H3/q+1. The number of nitrogens with zero attached hydrogens (tertiary/aromatic N) is 1. The molecule has 0 bridgehead atoms. The number of carbonyl (C=O) groups excluding carboxylic acids is 1. The Morgan fingerprint density at radius 2 is 1.52 bits per heavy atom. The monoisotopic (exact) mass is 302 g/mol. The van der Waals surface area contributed by atoms with Crippen molar-refractivity contribution in [2.24, 2.45) is 0 Å². The zero-order valence-corrected chi connectivity index (χ0v) is 14.6. The maximum Gasteiger partial charge on any atom is 0.335 e. The van der Waals surface area contributed by atoms with Gasteiger partial charge in [-0.25, -0.2) is 4.79 Å². The van der Waals surface area contributed by atoms with Crippen molar-refractivity contribution >= 4 is 5.97 Å². The van der Waals surface area contributed by atoms with Crippen LogP contribution in [-0.4, -0.2) is 56.0 Å². The van der Waals surface area contributed by atoms with E-state index in [0.29, 0.717) is 13.0 Å². The number of aliphatic hydroxyl groups excluding tert-OH is 1. The molecule has 0 aliphatic rings. The second-order valence-corrected chi connectivity index (χ2v) is 6.96. The van der Waals surface area contributed by atoms with Crippen LogP contribution in [0.25, 0.3) is 0 Å². The molecule has 0 saturated heterocycles. The summed E-state index contributed by atoms with van der Waals surface area (Å²) in [5.74, 6) is -0.466. The summed E-state index contributed by atoms with van der Waals surface area (Å²) in [5.41, 5.74) is 0. The van der Waals surface area contributed by atoms with Crippen LogP contribution in [0.1, 0.15) is 64.7 Å². The summed E-state index contributed by atoms with van der Waals surface area (Å²) in [6, 6.07) is 0. The molecule has 4 heteroatoms. The molecule has 0 rings (SSSR count). The normalized spacial score (nSPS) is 13.2. The smallest absolute Gasteiger partial charge is 0.335 e. The largest absolute Gasteiger partial charge is 0.458 e. The van der Waals surface area contributed by atoms with Gasteiger partial charge in [0.15, 0.2) is 6.10 Å². The molecule has 1 atom stereocenters. The predicted molar refractivity (Wildman–Crippen MR) is 87.1 cm³/mol. The Kier molecular flexibility index (Phi) is 11.6. The number of rotatable bonds is 13. The first kappa shape index (κ1) is 20.4. The van der Waals surface area contributed by atoms with E-state index in [0.717, 1.165) is 23.9 Å². The molecule has 21 heavy (non-hydrogen) atoms. The molecule has 0 heterocycles. The summed E-state index contributed by atoms with van der Waals surface area (Å²) < 4.78 is 5.85. The van der Waals surface area contributed by atoms with Gasteiger partial charge in [-0.2, -0.15) is 0 Å². The van der Waals surface area contributed by atoms with E-state index in [1.165, 1.54) is 38.5 Å². The lowest BCUT2D eigenvalue weighted by Crippen LogP contribution is -2.38. The van der Waals surface area contributed by atoms with Gasteiger partial charge in [0, 0.05) is 0 Å². The first-order valence-electron chi connectivity index (χ1n) is 8.52. The molecule has 0 amide bonds. The Morgan fingerprint density at radius 3 is 2.05 bits per heavy atom. The van der Waals surface area contributed by atoms with Gasteiger partial charge in [-0.1, -0.05) is 58.3 Å². The summed E-state index contributed by atoms with van der Waals surface area (Å²) in [4.78, 5) is 11.6. The van der Waals surface area contributed by atoms with Crippen LogP contribution in [0, 0.1) is 0 Å². The average molecular weight is 302 g/mol. The van der Waals surface area contributed by atoms with E-state index >= 15 is 0 Å². The Morgan fingerprint density at radius 1 is 1.00 bits per heavy atom. The second-order valence-electron chi connectivity index (χ2n) is 6.96. The molecule has 126 valence electrons. The minimum Gasteiger partial charge on any atom is -0.458 e. The van der Waals surface area contributed by atoms with Gasteiger partial charge in [0.1, 0.15) is 13.2 Å². The van der Waals surface area contributed by atoms with Crippen molar-refractivity contribution in [3.05, 3.63) is 0 Å². The van der Waals surface area contributed by atoms with E-state index in [2.05, 4.69) is 6.92 Å². The first-order valence-corrected chi connectivity index (χ1v) is 8.52. The van der Waals surface area contributed by atoms with E-state index in [4.69, 9.17) is 4.74 Å². The second kappa shape index (κ2) is 12.0. The molecule has 0 spiro atoms. The molecule has 0 fully saturated rings. The fourth-order valence-corrected chi connectivity index (χ4v) is 2.11. The summed E-state index contributed by atoms with van der Waals surface area (Å²) in [6.07, 6.45) is 9.29. The predicted octanol–water partition coefficient (Wildman–Crippen LogP) is 3.13. The molecular formula is C17H36NO3+. The molecular weight excluding hydrogens is 266 g/mol. The number of aliphatic hydroxyl groups is 1. The maximum absolute atomic E-state index is 11.6. The fourth-order valence-electron chi connectivity index (χ4n) is 2.11. The van der Waals surface area contributed by atoms with E-state index in [9.17, 15) is 9.90 Å². The van der Waals surface area contributed by atoms with E-state index in [1.807, 2.05) is 21.1 Å². The molecule has 0 aromatic rings. The van der Waals surface area contributed by atoms with Crippen molar-refractivity contribution < 1.29 is 19.1 Å². The quantitative estimate of drug-likeness (QED) is 0.323. The number of quaternary nitrogens is 1. The van der Waals surface area contributed by atoms with Crippen molar-refractivity contribution in [1.29, 1.82) is 0 Å². The Hall–Kier alpha value is -0.610. The van der Waals surface area contributed by atoms with Gasteiger partial charge < -0.3 is 14.3 Å². The van der Waals surface area contributed by atoms with Gasteiger partial charge in [-0.3, -0.25) is 0 Å². The van der Waals surface area contributed by atoms with Crippen molar-refractivity contribution in [2.75, 3.05) is 34.3 Å². The third-order valence-electron chi connectivity index (χ3n) is 3.61. The molecule has 0 aromatic carbocycles. The number of hydrogen-bond acceptors (Lipinski definition) is 3. The van der Waals surface area contributed by atoms with Crippen LogP contribution in [0.3, 0.4) is 0 Å². The topological polar surface area (TPSA) is 46.5 Å². The first-order chi connectivity index (χ1) is 9.87. The number of likely N-dealkylation sites (N-methyl/N-ethyl adjacent to an activating group) is 1. The van der Waals surface area contributed by atoms with E-state index in [-0.39, 0.29) is 0 Å². The SMILES string of the molecule is CCCCCCCCCCC(O)C(=O)OCC[N+](C)(C)C. The lowest BCUT2D eigenvalue weighted by atomic mass is 10.1. The molecule has 0 aliphatic heterocycles. The Balaban J connectivity index is 3.47. The van der Waals surface area contributed by atoms with E-state index in [1.54, 1.807) is 0 Å². The van der Waals surface area contributed by atoms with Crippen LogP contribution >= 0.6 is 0 Å². The summed E-state index contributed by atoms with van der Waals surface area (Å²) in [7, 11) is 6.14. The molecule has 0 aliphatic carbocycles. The van der Waals surface area contributed by atoms with Gasteiger partial charge in [-0.15, -0.1) is 0 Å². The van der Waals surface area contributed by atoms with Crippen LogP contribution in [0.5, 0.6) is 0 Å². The maximum atomic E-state index is 11.6. The third kappa shape index (κ3) is 14.1. The summed E-state index contributed by atoms with van der Waals surface area (Å²) in [5, 5.41) is 9.74. The lowest BCUT2D eigenvalue weighted by molar-refractivity contribution is -0.870. The zero-order chi connectivity index (χ0) is 16.1. The zero-order valence-electron chi connectivity index (χ0n) is 14.6. The van der Waals surface area contributed by atoms with Crippen LogP contribution in [-0.2, 0) is 9.53 Å². The number of esters is 1. The highest BCUT2D eigenvalue weighted by molar-refractivity contribution is 5.74. The highest BCUT2D eigenvalue weighted by atomic mass is 16.5. The summed E-state index contributed by atoms with van der Waals surface area (Å²) in [6.45, 7) is 3.36. The molecule has 0 radical (unpaired) electrons. The average Bonchev–Trinajstić information content (AvgIpc) is 2.40. The molecule has 1 N–H and O–H groups in total. The fraction of sp³-hybridized carbons (Fsp3) is 0.941. The highest BCUT2D eigenvalue weighted by Gasteiger charge is 2.17. The highest BCUT2D eigenvalue weighted by Crippen LogP contribution is 2.11. The molecule has 4 nitrogen and oxygen atoms in total. The van der Waals surface area contributed by atoms with Crippen molar-refractivity contribution in [2.45, 2.75) is 70.8 Å². The lowest BCUT2D eigenvalue weighted by Gasteiger charge is -2.23. The molecule has 0 saturated carbocycles. The van der Waals surface area contributed by atoms with Crippen LogP contribution in [0.2, 0.25) is 0 Å². The summed E-state index contributed by atoms with van der Waals surface area (Å²) >= 11 is 0. The minimum absolute atomic E-state index is 0.372. The van der Waals surface area contributed by atoms with E-state index < -0.39 is 12.1 Å². The van der Waals surface area contributed by atoms with Crippen molar-refractivity contribution in [1.82, 2.24) is 0 Å². The Labute approximate surface area is 131 Å². The van der Waals surface area contributed by atoms with Crippen LogP contribution < -0.4 is 0 Å². The van der Waals surface area contributed by atoms with Gasteiger partial charge in [0.05, 0.1) is 21.1 Å². The van der Waals surface area contributed by atoms with Crippen LogP contribution in [0.15, 0.2) is 0 Å². The van der Waals surface area contributed by atoms with Gasteiger partial charge in [0.2, 0.25) is 0 Å². The van der Waals surface area contributed by atoms with Crippen LogP contribution in [0.4, 0.5) is 0 Å². The number of ether oxygens (including phenoxy) is 1. The number of hydrogen-bond donors (Lipinski definition) is 1. The number of carbonyl (C=O) groups is 1. The van der Waals surface area contributed by atoms with Crippen molar-refractivity contribution in [3.63, 3.8) is 0 Å². The third-order valence-corrected chi connectivity index (χ3v) is 3.61. The van der Waals surface area contributed by atoms with Gasteiger partial charge >= 0.3 is 5.97 Å². The minimum atomic E-state index is -0.947.